The van der Waals surface area contributed by atoms with Gasteiger partial charge in [0, 0.05) is 11.8 Å². The van der Waals surface area contributed by atoms with Crippen molar-refractivity contribution < 1.29 is 9.47 Å². The molecule has 3 aromatic carbocycles. The summed E-state index contributed by atoms with van der Waals surface area (Å²) in [6.45, 7) is 2.07. The lowest BCUT2D eigenvalue weighted by Gasteiger charge is -2.16. The standard InChI is InChI=1S/C24H22N2O3S/c1-16-7-6-8-17(13-16)15-30-24-25-20-10-5-4-9-19(20)23(27)26(24)21-14-18(28-2)11-12-22(21)29-3/h4-14H,15H2,1-3H3. The Hall–Kier alpha value is -3.25. The molecule has 1 heterocycles. The van der Waals surface area contributed by atoms with Crippen molar-refractivity contribution >= 4 is 22.7 Å². The number of para-hydroxylation sites is 1. The third-order valence-corrected chi connectivity index (χ3v) is 5.83. The van der Waals surface area contributed by atoms with E-state index in [1.807, 2.05) is 24.3 Å². The Morgan fingerprint density at radius 2 is 1.80 bits per heavy atom. The first-order chi connectivity index (χ1) is 14.6. The highest BCUT2D eigenvalue weighted by atomic mass is 32.2. The lowest BCUT2D eigenvalue weighted by atomic mass is 10.2. The van der Waals surface area contributed by atoms with Gasteiger partial charge in [0.1, 0.15) is 11.5 Å². The molecule has 1 aromatic heterocycles. The van der Waals surface area contributed by atoms with Gasteiger partial charge in [-0.05, 0) is 36.8 Å². The Morgan fingerprint density at radius 3 is 2.57 bits per heavy atom. The monoisotopic (exact) mass is 418 g/mol. The third kappa shape index (κ3) is 3.91. The summed E-state index contributed by atoms with van der Waals surface area (Å²) in [7, 11) is 3.19. The first-order valence-electron chi connectivity index (χ1n) is 9.53. The van der Waals surface area contributed by atoms with Crippen molar-refractivity contribution in [3.8, 4) is 17.2 Å². The van der Waals surface area contributed by atoms with Crippen LogP contribution in [-0.2, 0) is 5.75 Å². The van der Waals surface area contributed by atoms with Gasteiger partial charge in [-0.15, -0.1) is 0 Å². The van der Waals surface area contributed by atoms with Crippen molar-refractivity contribution in [2.45, 2.75) is 17.8 Å². The summed E-state index contributed by atoms with van der Waals surface area (Å²) < 4.78 is 12.6. The molecule has 0 atom stereocenters. The lowest BCUT2D eigenvalue weighted by molar-refractivity contribution is 0.400. The van der Waals surface area contributed by atoms with E-state index in [9.17, 15) is 4.79 Å². The van der Waals surface area contributed by atoms with Crippen LogP contribution >= 0.6 is 11.8 Å². The second kappa shape index (κ2) is 8.63. The SMILES string of the molecule is COc1ccc(OC)c(-n2c(SCc3cccc(C)c3)nc3ccccc3c2=O)c1. The van der Waals surface area contributed by atoms with E-state index >= 15 is 0 Å². The summed E-state index contributed by atoms with van der Waals surface area (Å²) in [5.41, 5.74) is 3.51. The highest BCUT2D eigenvalue weighted by Crippen LogP contribution is 2.31. The van der Waals surface area contributed by atoms with Crippen LogP contribution < -0.4 is 15.0 Å². The van der Waals surface area contributed by atoms with Gasteiger partial charge in [0.15, 0.2) is 5.16 Å². The van der Waals surface area contributed by atoms with Gasteiger partial charge in [0.2, 0.25) is 0 Å². The van der Waals surface area contributed by atoms with Gasteiger partial charge in [-0.3, -0.25) is 9.36 Å². The predicted molar refractivity (Wildman–Crippen MR) is 121 cm³/mol. The van der Waals surface area contributed by atoms with E-state index in [1.165, 1.54) is 22.9 Å². The van der Waals surface area contributed by atoms with Crippen molar-refractivity contribution in [2.24, 2.45) is 0 Å². The number of rotatable bonds is 6. The van der Waals surface area contributed by atoms with Gasteiger partial charge in [0.25, 0.3) is 5.56 Å². The molecule has 0 fully saturated rings. The first kappa shape index (κ1) is 20.0. The van der Waals surface area contributed by atoms with Gasteiger partial charge >= 0.3 is 0 Å². The Kier molecular flexibility index (Phi) is 5.77. The number of aromatic nitrogens is 2. The molecular weight excluding hydrogens is 396 g/mol. The zero-order valence-corrected chi connectivity index (χ0v) is 17.9. The average Bonchev–Trinajstić information content (AvgIpc) is 2.77. The van der Waals surface area contributed by atoms with Crippen LogP contribution in [0.25, 0.3) is 16.6 Å². The Bertz CT molecular complexity index is 1270. The van der Waals surface area contributed by atoms with E-state index in [4.69, 9.17) is 14.5 Å². The van der Waals surface area contributed by atoms with Crippen LogP contribution in [0.1, 0.15) is 11.1 Å². The molecule has 0 aliphatic rings. The van der Waals surface area contributed by atoms with E-state index in [-0.39, 0.29) is 5.56 Å². The second-order valence-corrected chi connectivity index (χ2v) is 7.81. The molecular formula is C24H22N2O3S. The molecule has 0 saturated carbocycles. The van der Waals surface area contributed by atoms with Crippen molar-refractivity contribution in [2.75, 3.05) is 14.2 Å². The van der Waals surface area contributed by atoms with Gasteiger partial charge in [-0.25, -0.2) is 4.98 Å². The van der Waals surface area contributed by atoms with E-state index in [2.05, 4.69) is 25.1 Å². The number of benzene rings is 3. The molecule has 152 valence electrons. The molecule has 0 bridgehead atoms. The third-order valence-electron chi connectivity index (χ3n) is 4.82. The van der Waals surface area contributed by atoms with E-state index in [0.717, 1.165) is 0 Å². The smallest absolute Gasteiger partial charge is 0.266 e. The van der Waals surface area contributed by atoms with Crippen LogP contribution in [0.3, 0.4) is 0 Å². The van der Waals surface area contributed by atoms with Crippen LogP contribution in [0.5, 0.6) is 11.5 Å². The second-order valence-electron chi connectivity index (χ2n) is 6.87. The van der Waals surface area contributed by atoms with Crippen LogP contribution in [0.15, 0.2) is 76.7 Å². The van der Waals surface area contributed by atoms with Crippen LogP contribution in [0, 0.1) is 6.92 Å². The highest BCUT2D eigenvalue weighted by Gasteiger charge is 2.17. The maximum atomic E-state index is 13.5. The Labute approximate surface area is 179 Å². The van der Waals surface area contributed by atoms with E-state index in [0.29, 0.717) is 39.0 Å². The number of hydrogen-bond acceptors (Lipinski definition) is 5. The fourth-order valence-corrected chi connectivity index (χ4v) is 4.29. The quantitative estimate of drug-likeness (QED) is 0.326. The van der Waals surface area contributed by atoms with Crippen LogP contribution in [-0.4, -0.2) is 23.8 Å². The zero-order chi connectivity index (χ0) is 21.1. The summed E-state index contributed by atoms with van der Waals surface area (Å²) in [5.74, 6) is 1.91. The normalized spacial score (nSPS) is 10.9. The number of methoxy groups -OCH3 is 2. The van der Waals surface area contributed by atoms with E-state index < -0.39 is 0 Å². The van der Waals surface area contributed by atoms with E-state index in [1.54, 1.807) is 43.1 Å². The molecule has 4 aromatic rings. The molecule has 0 unspecified atom stereocenters. The molecule has 0 radical (unpaired) electrons. The predicted octanol–water partition coefficient (Wildman–Crippen LogP) is 5.00. The Morgan fingerprint density at radius 1 is 0.967 bits per heavy atom. The summed E-state index contributed by atoms with van der Waals surface area (Å²) >= 11 is 1.52. The summed E-state index contributed by atoms with van der Waals surface area (Å²) in [6.07, 6.45) is 0. The number of hydrogen-bond donors (Lipinski definition) is 0. The van der Waals surface area contributed by atoms with Crippen molar-refractivity contribution in [1.29, 1.82) is 0 Å². The summed E-state index contributed by atoms with van der Waals surface area (Å²) in [5, 5.41) is 1.16. The number of ether oxygens (including phenoxy) is 2. The number of aryl methyl sites for hydroxylation is 1. The van der Waals surface area contributed by atoms with Crippen molar-refractivity contribution in [3.63, 3.8) is 0 Å². The molecule has 0 saturated heterocycles. The Balaban J connectivity index is 1.90. The first-order valence-corrected chi connectivity index (χ1v) is 10.5. The van der Waals surface area contributed by atoms with Crippen LogP contribution in [0.4, 0.5) is 0 Å². The summed E-state index contributed by atoms with van der Waals surface area (Å²) in [4.78, 5) is 18.3. The maximum absolute atomic E-state index is 13.5. The molecule has 5 nitrogen and oxygen atoms in total. The van der Waals surface area contributed by atoms with Crippen molar-refractivity contribution in [1.82, 2.24) is 9.55 Å². The fourth-order valence-electron chi connectivity index (χ4n) is 3.34. The van der Waals surface area contributed by atoms with Gasteiger partial charge in [-0.1, -0.05) is 53.7 Å². The molecule has 0 amide bonds. The highest BCUT2D eigenvalue weighted by molar-refractivity contribution is 7.98. The summed E-state index contributed by atoms with van der Waals surface area (Å²) in [6, 6.07) is 21.1. The van der Waals surface area contributed by atoms with Crippen molar-refractivity contribution in [3.05, 3.63) is 88.2 Å². The molecule has 0 spiro atoms. The minimum atomic E-state index is -0.140. The molecule has 6 heteroatoms. The maximum Gasteiger partial charge on any atom is 0.266 e. The topological polar surface area (TPSA) is 53.4 Å². The number of nitrogens with zero attached hydrogens (tertiary/aromatic N) is 2. The van der Waals surface area contributed by atoms with Gasteiger partial charge in [0.05, 0.1) is 30.8 Å². The molecule has 0 aliphatic carbocycles. The number of thioether (sulfide) groups is 1. The lowest BCUT2D eigenvalue weighted by Crippen LogP contribution is -2.22. The zero-order valence-electron chi connectivity index (χ0n) is 17.1. The molecule has 0 aliphatic heterocycles. The minimum Gasteiger partial charge on any atom is -0.497 e. The fraction of sp³-hybridized carbons (Fsp3) is 0.167. The average molecular weight is 419 g/mol. The number of fused-ring (bicyclic) bond motifs is 1. The van der Waals surface area contributed by atoms with Crippen LogP contribution in [0.2, 0.25) is 0 Å². The minimum absolute atomic E-state index is 0.140. The molecule has 4 rings (SSSR count). The van der Waals surface area contributed by atoms with Gasteiger partial charge < -0.3 is 9.47 Å². The van der Waals surface area contributed by atoms with Gasteiger partial charge in [-0.2, -0.15) is 0 Å². The molecule has 0 N–H and O–H groups in total. The largest absolute Gasteiger partial charge is 0.497 e. The molecule has 30 heavy (non-hydrogen) atoms.